The number of nitrogens with zero attached hydrogens (tertiary/aromatic N) is 1. The number of carbonyl (C=O) groups excluding carboxylic acids is 4. The van der Waals surface area contributed by atoms with Crippen LogP contribution in [0.15, 0.2) is 42.5 Å². The van der Waals surface area contributed by atoms with Crippen LogP contribution in [-0.4, -0.2) is 41.1 Å². The first-order valence-electron chi connectivity index (χ1n) is 11.3. The van der Waals surface area contributed by atoms with Gasteiger partial charge in [-0.1, -0.05) is 48.0 Å². The summed E-state index contributed by atoms with van der Waals surface area (Å²) in [5.41, 5.74) is 6.77. The van der Waals surface area contributed by atoms with Crippen LogP contribution in [0, 0.1) is 18.8 Å². The Labute approximate surface area is 201 Å². The van der Waals surface area contributed by atoms with Gasteiger partial charge >= 0.3 is 0 Å². The predicted molar refractivity (Wildman–Crippen MR) is 126 cm³/mol. The van der Waals surface area contributed by atoms with Crippen molar-refractivity contribution in [2.45, 2.75) is 37.8 Å². The number of hydrogen-bond acceptors (Lipinski definition) is 5. The van der Waals surface area contributed by atoms with Crippen molar-refractivity contribution in [2.75, 3.05) is 11.9 Å². The third kappa shape index (κ3) is 3.32. The maximum absolute atomic E-state index is 13.7. The van der Waals surface area contributed by atoms with E-state index in [4.69, 9.17) is 17.3 Å². The maximum atomic E-state index is 13.7. The molecule has 4 N–H and O–H groups in total. The number of carbonyl (C=O) groups is 4. The number of imide groups is 1. The van der Waals surface area contributed by atoms with E-state index < -0.39 is 35.2 Å². The molecular weight excluding hydrogens is 456 g/mol. The molecule has 4 atom stereocenters. The Kier molecular flexibility index (Phi) is 5.45. The van der Waals surface area contributed by atoms with E-state index in [2.05, 4.69) is 10.6 Å². The Balaban J connectivity index is 1.55. The molecule has 176 valence electrons. The minimum atomic E-state index is -1.44. The Morgan fingerprint density at radius 3 is 2.59 bits per heavy atom. The average molecular weight is 481 g/mol. The lowest BCUT2D eigenvalue weighted by molar-refractivity contribution is -0.142. The quantitative estimate of drug-likeness (QED) is 0.545. The topological polar surface area (TPSA) is 122 Å². The van der Waals surface area contributed by atoms with Crippen LogP contribution in [-0.2, 0) is 31.1 Å². The van der Waals surface area contributed by atoms with Crippen molar-refractivity contribution in [2.24, 2.45) is 17.6 Å². The van der Waals surface area contributed by atoms with Gasteiger partial charge in [0.05, 0.1) is 22.5 Å². The number of primary amides is 1. The fourth-order valence-electron chi connectivity index (χ4n) is 5.71. The molecule has 34 heavy (non-hydrogen) atoms. The van der Waals surface area contributed by atoms with Gasteiger partial charge in [0.15, 0.2) is 0 Å². The molecule has 0 aliphatic carbocycles. The summed E-state index contributed by atoms with van der Waals surface area (Å²) in [5.74, 6) is -3.36. The predicted octanol–water partition coefficient (Wildman–Crippen LogP) is 1.88. The van der Waals surface area contributed by atoms with Crippen LogP contribution in [0.2, 0.25) is 5.02 Å². The number of likely N-dealkylation sites (tertiary alicyclic amines) is 1. The molecule has 2 aromatic rings. The highest BCUT2D eigenvalue weighted by Gasteiger charge is 2.70. The molecule has 5 rings (SSSR count). The lowest BCUT2D eigenvalue weighted by Crippen LogP contribution is -2.53. The Morgan fingerprint density at radius 1 is 1.15 bits per heavy atom. The number of hydrogen-bond donors (Lipinski definition) is 3. The zero-order valence-corrected chi connectivity index (χ0v) is 19.4. The fourth-order valence-corrected chi connectivity index (χ4v) is 6.03. The molecule has 2 saturated heterocycles. The summed E-state index contributed by atoms with van der Waals surface area (Å²) >= 11 is 6.43. The molecule has 0 radical (unpaired) electrons. The molecule has 3 aliphatic rings. The lowest BCUT2D eigenvalue weighted by Gasteiger charge is -2.29. The van der Waals surface area contributed by atoms with Crippen molar-refractivity contribution in [1.82, 2.24) is 10.2 Å². The summed E-state index contributed by atoms with van der Waals surface area (Å²) in [5, 5.41) is 6.49. The number of halogens is 1. The molecule has 0 saturated carbocycles. The van der Waals surface area contributed by atoms with Gasteiger partial charge in [-0.3, -0.25) is 29.4 Å². The van der Waals surface area contributed by atoms with Gasteiger partial charge in [0, 0.05) is 24.6 Å². The molecule has 3 heterocycles. The number of fused-ring (bicyclic) bond motifs is 4. The number of nitrogens with one attached hydrogen (secondary N) is 2. The van der Waals surface area contributed by atoms with Crippen molar-refractivity contribution < 1.29 is 19.2 Å². The smallest absolute Gasteiger partial charge is 0.250 e. The first-order valence-corrected chi connectivity index (χ1v) is 11.7. The largest absolute Gasteiger partial charge is 0.370 e. The SMILES string of the molecule is Cc1cc(Cl)c2c(c1)[C@@]1(N[C@H](CCC(N)=O)[C@H]3C(=O)N(CCc4ccccc4)C(=O)[C@H]31)C(=O)N2. The van der Waals surface area contributed by atoms with Crippen LogP contribution in [0.3, 0.4) is 0 Å². The molecule has 3 aliphatic heterocycles. The van der Waals surface area contributed by atoms with Crippen molar-refractivity contribution in [3.05, 3.63) is 64.2 Å². The summed E-state index contributed by atoms with van der Waals surface area (Å²) < 4.78 is 0. The van der Waals surface area contributed by atoms with Gasteiger partial charge in [-0.15, -0.1) is 0 Å². The van der Waals surface area contributed by atoms with Crippen molar-refractivity contribution in [1.29, 1.82) is 0 Å². The number of benzene rings is 2. The molecular formula is C25H25ClN4O4. The molecule has 9 heteroatoms. The highest BCUT2D eigenvalue weighted by molar-refractivity contribution is 6.35. The standard InChI is InChI=1S/C25H25ClN4O4/c1-13-11-15-21(16(26)12-13)28-24(34)25(15)20-19(17(29-25)7-8-18(27)31)22(32)30(23(20)33)10-9-14-5-3-2-4-6-14/h2-6,11-12,17,19-20,29H,7-10H2,1H3,(H2,27,31)(H,28,34)/t17-,19-,20+,25+/m1/s1. The van der Waals surface area contributed by atoms with Crippen molar-refractivity contribution in [3.63, 3.8) is 0 Å². The minimum Gasteiger partial charge on any atom is -0.370 e. The third-order valence-electron chi connectivity index (χ3n) is 7.18. The van der Waals surface area contributed by atoms with E-state index >= 15 is 0 Å². The van der Waals surface area contributed by atoms with Gasteiger partial charge in [0.25, 0.3) is 0 Å². The van der Waals surface area contributed by atoms with E-state index in [0.29, 0.717) is 22.7 Å². The molecule has 0 aromatic heterocycles. The lowest BCUT2D eigenvalue weighted by atomic mass is 9.76. The van der Waals surface area contributed by atoms with Crippen LogP contribution in [0.1, 0.15) is 29.5 Å². The zero-order chi connectivity index (χ0) is 24.2. The molecule has 0 bridgehead atoms. The number of anilines is 1. The Hall–Kier alpha value is -3.23. The molecule has 2 fully saturated rings. The summed E-state index contributed by atoms with van der Waals surface area (Å²) in [4.78, 5) is 53.6. The van der Waals surface area contributed by atoms with E-state index in [1.165, 1.54) is 4.90 Å². The van der Waals surface area contributed by atoms with Crippen LogP contribution in [0.5, 0.6) is 0 Å². The van der Waals surface area contributed by atoms with Crippen molar-refractivity contribution in [3.8, 4) is 0 Å². The second-order valence-electron chi connectivity index (χ2n) is 9.25. The van der Waals surface area contributed by atoms with E-state index in [1.54, 1.807) is 6.07 Å². The molecule has 8 nitrogen and oxygen atoms in total. The normalized spacial score (nSPS) is 27.3. The van der Waals surface area contributed by atoms with Gasteiger partial charge in [0.2, 0.25) is 23.6 Å². The van der Waals surface area contributed by atoms with Crippen LogP contribution in [0.4, 0.5) is 5.69 Å². The van der Waals surface area contributed by atoms with E-state index in [-0.39, 0.29) is 31.2 Å². The first-order chi connectivity index (χ1) is 16.2. The number of nitrogens with two attached hydrogens (primary N) is 1. The summed E-state index contributed by atoms with van der Waals surface area (Å²) in [7, 11) is 0. The zero-order valence-electron chi connectivity index (χ0n) is 18.6. The van der Waals surface area contributed by atoms with E-state index in [9.17, 15) is 19.2 Å². The third-order valence-corrected chi connectivity index (χ3v) is 7.48. The first kappa shape index (κ1) is 22.6. The van der Waals surface area contributed by atoms with E-state index in [1.807, 2.05) is 43.3 Å². The molecule has 0 unspecified atom stereocenters. The molecule has 1 spiro atoms. The monoisotopic (exact) mass is 480 g/mol. The summed E-state index contributed by atoms with van der Waals surface area (Å²) in [6, 6.07) is 12.6. The van der Waals surface area contributed by atoms with Crippen molar-refractivity contribution >= 4 is 40.9 Å². The van der Waals surface area contributed by atoms with Gasteiger partial charge in [-0.25, -0.2) is 0 Å². The van der Waals surface area contributed by atoms with Gasteiger partial charge in [-0.05, 0) is 37.0 Å². The Bertz CT molecular complexity index is 1220. The van der Waals surface area contributed by atoms with E-state index in [0.717, 1.165) is 11.1 Å². The maximum Gasteiger partial charge on any atom is 0.250 e. The van der Waals surface area contributed by atoms with Gasteiger partial charge < -0.3 is 11.1 Å². The number of aryl methyl sites for hydroxylation is 1. The summed E-state index contributed by atoms with van der Waals surface area (Å²) in [6.07, 6.45) is 0.787. The minimum absolute atomic E-state index is 0.0332. The Morgan fingerprint density at radius 2 is 1.88 bits per heavy atom. The summed E-state index contributed by atoms with van der Waals surface area (Å²) in [6.45, 7) is 2.07. The highest BCUT2D eigenvalue weighted by Crippen LogP contribution is 2.54. The van der Waals surface area contributed by atoms with Gasteiger partial charge in [0.1, 0.15) is 5.54 Å². The highest BCUT2D eigenvalue weighted by atomic mass is 35.5. The van der Waals surface area contributed by atoms with Crippen LogP contribution >= 0.6 is 11.6 Å². The van der Waals surface area contributed by atoms with Gasteiger partial charge in [-0.2, -0.15) is 0 Å². The second kappa shape index (κ2) is 8.21. The van der Waals surface area contributed by atoms with Crippen LogP contribution in [0.25, 0.3) is 0 Å². The average Bonchev–Trinajstić information content (AvgIpc) is 3.37. The van der Waals surface area contributed by atoms with Crippen LogP contribution < -0.4 is 16.4 Å². The number of rotatable bonds is 6. The number of amides is 4. The molecule has 2 aromatic carbocycles. The second-order valence-corrected chi connectivity index (χ2v) is 9.66. The fraction of sp³-hybridized carbons (Fsp3) is 0.360. The molecule has 4 amide bonds.